The average molecular weight is 251 g/mol. The highest BCUT2D eigenvalue weighted by atomic mass is 14.6. The first kappa shape index (κ1) is 12.4. The summed E-state index contributed by atoms with van der Waals surface area (Å²) in [6, 6.07) is 19.6. The zero-order chi connectivity index (χ0) is 13.1. The van der Waals surface area contributed by atoms with Gasteiger partial charge in [-0.3, -0.25) is 0 Å². The van der Waals surface area contributed by atoms with Gasteiger partial charge in [0.2, 0.25) is 0 Å². The molecule has 2 aromatic rings. The maximum atomic E-state index is 6.14. The summed E-state index contributed by atoms with van der Waals surface area (Å²) in [5.41, 5.74) is 10.8. The van der Waals surface area contributed by atoms with Crippen molar-refractivity contribution in [3.8, 4) is 0 Å². The zero-order valence-corrected chi connectivity index (χ0v) is 11.3. The number of nitrogens with two attached hydrogens (primary N) is 1. The predicted octanol–water partition coefficient (Wildman–Crippen LogP) is 3.36. The number of hydrogen-bond acceptors (Lipinski definition) is 1. The molecule has 0 aromatic heterocycles. The van der Waals surface area contributed by atoms with Crippen LogP contribution in [0.15, 0.2) is 54.6 Å². The Kier molecular flexibility index (Phi) is 3.39. The van der Waals surface area contributed by atoms with Crippen LogP contribution in [0.3, 0.4) is 0 Å². The lowest BCUT2D eigenvalue weighted by molar-refractivity contribution is 0.254. The SMILES string of the molecule is NCC1(Cc2ccccc2)CCc2ccccc2C1. The molecule has 0 bridgehead atoms. The molecule has 1 heteroatoms. The molecule has 3 rings (SSSR count). The number of hydrogen-bond donors (Lipinski definition) is 1. The van der Waals surface area contributed by atoms with Gasteiger partial charge in [0.1, 0.15) is 0 Å². The first-order valence-electron chi connectivity index (χ1n) is 7.12. The molecule has 0 heterocycles. The van der Waals surface area contributed by atoms with E-state index in [0.717, 1.165) is 19.4 Å². The van der Waals surface area contributed by atoms with Crippen molar-refractivity contribution in [1.29, 1.82) is 0 Å². The van der Waals surface area contributed by atoms with Gasteiger partial charge in [0.25, 0.3) is 0 Å². The minimum absolute atomic E-state index is 0.246. The third kappa shape index (κ3) is 2.57. The Labute approximate surface area is 115 Å². The van der Waals surface area contributed by atoms with Crippen LogP contribution in [0, 0.1) is 5.41 Å². The zero-order valence-electron chi connectivity index (χ0n) is 11.3. The lowest BCUT2D eigenvalue weighted by Gasteiger charge is -2.37. The lowest BCUT2D eigenvalue weighted by atomic mass is 9.68. The van der Waals surface area contributed by atoms with Gasteiger partial charge in [-0.15, -0.1) is 0 Å². The van der Waals surface area contributed by atoms with E-state index in [2.05, 4.69) is 54.6 Å². The fourth-order valence-corrected chi connectivity index (χ4v) is 3.29. The van der Waals surface area contributed by atoms with Crippen LogP contribution in [0.5, 0.6) is 0 Å². The number of benzene rings is 2. The van der Waals surface area contributed by atoms with Crippen LogP contribution in [0.1, 0.15) is 23.1 Å². The second-order valence-electron chi connectivity index (χ2n) is 5.81. The van der Waals surface area contributed by atoms with Crippen LogP contribution in [-0.4, -0.2) is 6.54 Å². The molecule has 1 aliphatic rings. The molecule has 0 saturated heterocycles. The minimum Gasteiger partial charge on any atom is -0.330 e. The summed E-state index contributed by atoms with van der Waals surface area (Å²) in [6.45, 7) is 0.774. The summed E-state index contributed by atoms with van der Waals surface area (Å²) < 4.78 is 0. The van der Waals surface area contributed by atoms with Crippen molar-refractivity contribution < 1.29 is 0 Å². The molecule has 0 radical (unpaired) electrons. The predicted molar refractivity (Wildman–Crippen MR) is 80.1 cm³/mol. The molecule has 0 saturated carbocycles. The van der Waals surface area contributed by atoms with E-state index in [9.17, 15) is 0 Å². The Hall–Kier alpha value is -1.60. The largest absolute Gasteiger partial charge is 0.330 e. The molecule has 0 aliphatic heterocycles. The van der Waals surface area contributed by atoms with Crippen molar-refractivity contribution >= 4 is 0 Å². The van der Waals surface area contributed by atoms with Crippen LogP contribution in [0.25, 0.3) is 0 Å². The van der Waals surface area contributed by atoms with E-state index in [4.69, 9.17) is 5.73 Å². The van der Waals surface area contributed by atoms with Gasteiger partial charge in [-0.25, -0.2) is 0 Å². The van der Waals surface area contributed by atoms with E-state index < -0.39 is 0 Å². The van der Waals surface area contributed by atoms with Gasteiger partial charge in [0.05, 0.1) is 0 Å². The van der Waals surface area contributed by atoms with Crippen molar-refractivity contribution in [3.05, 3.63) is 71.3 Å². The Morgan fingerprint density at radius 3 is 2.32 bits per heavy atom. The third-order valence-electron chi connectivity index (χ3n) is 4.46. The smallest absolute Gasteiger partial charge is 0.00140 e. The van der Waals surface area contributed by atoms with Crippen LogP contribution >= 0.6 is 0 Å². The average Bonchev–Trinajstić information content (AvgIpc) is 2.48. The van der Waals surface area contributed by atoms with Gasteiger partial charge in [-0.05, 0) is 54.3 Å². The summed E-state index contributed by atoms with van der Waals surface area (Å²) in [6.07, 6.45) is 4.59. The summed E-state index contributed by atoms with van der Waals surface area (Å²) >= 11 is 0. The van der Waals surface area contributed by atoms with Gasteiger partial charge < -0.3 is 5.73 Å². The van der Waals surface area contributed by atoms with Crippen LogP contribution in [0.2, 0.25) is 0 Å². The highest BCUT2D eigenvalue weighted by Crippen LogP contribution is 2.37. The number of rotatable bonds is 3. The quantitative estimate of drug-likeness (QED) is 0.889. The highest BCUT2D eigenvalue weighted by molar-refractivity contribution is 5.32. The minimum atomic E-state index is 0.246. The molecule has 1 atom stereocenters. The number of fused-ring (bicyclic) bond motifs is 1. The van der Waals surface area contributed by atoms with E-state index in [0.29, 0.717) is 0 Å². The molecular formula is C18H21N. The van der Waals surface area contributed by atoms with Gasteiger partial charge >= 0.3 is 0 Å². The van der Waals surface area contributed by atoms with Gasteiger partial charge in [0.15, 0.2) is 0 Å². The summed E-state index contributed by atoms with van der Waals surface area (Å²) in [4.78, 5) is 0. The van der Waals surface area contributed by atoms with Gasteiger partial charge in [-0.2, -0.15) is 0 Å². The first-order chi connectivity index (χ1) is 9.31. The van der Waals surface area contributed by atoms with Crippen LogP contribution in [-0.2, 0) is 19.3 Å². The van der Waals surface area contributed by atoms with Crippen molar-refractivity contribution in [2.24, 2.45) is 11.1 Å². The normalized spacial score (nSPS) is 21.9. The van der Waals surface area contributed by atoms with Crippen molar-refractivity contribution in [3.63, 3.8) is 0 Å². The lowest BCUT2D eigenvalue weighted by Crippen LogP contribution is -2.38. The summed E-state index contributed by atoms with van der Waals surface area (Å²) in [5.74, 6) is 0. The van der Waals surface area contributed by atoms with E-state index in [-0.39, 0.29) is 5.41 Å². The highest BCUT2D eigenvalue weighted by Gasteiger charge is 2.33. The molecule has 0 spiro atoms. The fraction of sp³-hybridized carbons (Fsp3) is 0.333. The van der Waals surface area contributed by atoms with Gasteiger partial charge in [0, 0.05) is 0 Å². The summed E-state index contributed by atoms with van der Waals surface area (Å²) in [7, 11) is 0. The van der Waals surface area contributed by atoms with Crippen molar-refractivity contribution in [2.75, 3.05) is 6.54 Å². The second kappa shape index (κ2) is 5.18. The Morgan fingerprint density at radius 1 is 0.895 bits per heavy atom. The van der Waals surface area contributed by atoms with Crippen LogP contribution < -0.4 is 5.73 Å². The second-order valence-corrected chi connectivity index (χ2v) is 5.81. The summed E-state index contributed by atoms with van der Waals surface area (Å²) in [5, 5.41) is 0. The Morgan fingerprint density at radius 2 is 1.58 bits per heavy atom. The Bertz CT molecular complexity index is 547. The van der Waals surface area contributed by atoms with Gasteiger partial charge in [-0.1, -0.05) is 54.6 Å². The van der Waals surface area contributed by atoms with Crippen LogP contribution in [0.4, 0.5) is 0 Å². The molecule has 2 N–H and O–H groups in total. The fourth-order valence-electron chi connectivity index (χ4n) is 3.29. The molecule has 1 unspecified atom stereocenters. The molecule has 0 amide bonds. The first-order valence-corrected chi connectivity index (χ1v) is 7.12. The van der Waals surface area contributed by atoms with E-state index in [1.807, 2.05) is 0 Å². The topological polar surface area (TPSA) is 26.0 Å². The molecule has 19 heavy (non-hydrogen) atoms. The molecular weight excluding hydrogens is 230 g/mol. The van der Waals surface area contributed by atoms with Crippen molar-refractivity contribution in [1.82, 2.24) is 0 Å². The molecule has 98 valence electrons. The molecule has 1 nitrogen and oxygen atoms in total. The maximum Gasteiger partial charge on any atom is -0.00140 e. The van der Waals surface area contributed by atoms with E-state index in [1.54, 1.807) is 0 Å². The molecule has 0 fully saturated rings. The molecule has 1 aliphatic carbocycles. The third-order valence-corrected chi connectivity index (χ3v) is 4.46. The number of aryl methyl sites for hydroxylation is 1. The monoisotopic (exact) mass is 251 g/mol. The van der Waals surface area contributed by atoms with E-state index in [1.165, 1.54) is 29.5 Å². The van der Waals surface area contributed by atoms with E-state index >= 15 is 0 Å². The standard InChI is InChI=1S/C18H21N/c19-14-18(12-15-6-2-1-3-7-15)11-10-16-8-4-5-9-17(16)13-18/h1-9H,10-14,19H2. The maximum absolute atomic E-state index is 6.14. The van der Waals surface area contributed by atoms with Crippen molar-refractivity contribution in [2.45, 2.75) is 25.7 Å². The Balaban J connectivity index is 1.86. The molecule has 2 aromatic carbocycles.